The van der Waals surface area contributed by atoms with Gasteiger partial charge in [-0.1, -0.05) is 29.8 Å². The average molecular weight is 242 g/mol. The molecule has 2 atom stereocenters. The summed E-state index contributed by atoms with van der Waals surface area (Å²) in [6.45, 7) is 2.13. The monoisotopic (exact) mass is 242 g/mol. The Balaban J connectivity index is 1.89. The minimum absolute atomic E-state index is 0.0260. The van der Waals surface area contributed by atoms with Gasteiger partial charge in [0.2, 0.25) is 0 Å². The molecule has 0 aromatic heterocycles. The highest BCUT2D eigenvalue weighted by Crippen LogP contribution is 2.42. The summed E-state index contributed by atoms with van der Waals surface area (Å²) < 4.78 is 0. The van der Waals surface area contributed by atoms with Crippen LogP contribution < -0.4 is 0 Å². The van der Waals surface area contributed by atoms with E-state index in [1.54, 1.807) is 0 Å². The number of aryl methyl sites for hydroxylation is 1. The molecule has 18 heavy (non-hydrogen) atoms. The van der Waals surface area contributed by atoms with Crippen LogP contribution in [0.2, 0.25) is 0 Å². The zero-order valence-corrected chi connectivity index (χ0v) is 11.4. The lowest BCUT2D eigenvalue weighted by atomic mass is 9.81. The van der Waals surface area contributed by atoms with E-state index in [9.17, 15) is 0 Å². The SMILES string of the molecule is Cc1ccc(C[C@@]23CC[C@@H](CCC2=N)N3C)cc1. The summed E-state index contributed by atoms with van der Waals surface area (Å²) in [6.07, 6.45) is 5.64. The predicted octanol–water partition coefficient (Wildman–Crippen LogP) is 3.18. The molecule has 1 N–H and O–H groups in total. The Bertz CT molecular complexity index is 462. The van der Waals surface area contributed by atoms with Gasteiger partial charge in [0.05, 0.1) is 5.54 Å². The Morgan fingerprint density at radius 3 is 2.72 bits per heavy atom. The van der Waals surface area contributed by atoms with Crippen molar-refractivity contribution in [3.05, 3.63) is 35.4 Å². The average Bonchev–Trinajstić information content (AvgIpc) is 2.57. The van der Waals surface area contributed by atoms with Gasteiger partial charge in [0, 0.05) is 11.8 Å². The summed E-state index contributed by atoms with van der Waals surface area (Å²) in [6, 6.07) is 9.54. The molecule has 2 nitrogen and oxygen atoms in total. The summed E-state index contributed by atoms with van der Waals surface area (Å²) >= 11 is 0. The number of nitrogens with zero attached hydrogens (tertiary/aromatic N) is 1. The summed E-state index contributed by atoms with van der Waals surface area (Å²) in [5.41, 5.74) is 3.67. The van der Waals surface area contributed by atoms with Crippen molar-refractivity contribution in [2.75, 3.05) is 7.05 Å². The smallest absolute Gasteiger partial charge is 0.0628 e. The Hall–Kier alpha value is -1.15. The highest BCUT2D eigenvalue weighted by molar-refractivity contribution is 5.92. The van der Waals surface area contributed by atoms with E-state index in [0.717, 1.165) is 18.6 Å². The number of hydrogen-bond donors (Lipinski definition) is 1. The molecular formula is C16H22N2. The molecule has 2 saturated heterocycles. The van der Waals surface area contributed by atoms with Crippen LogP contribution >= 0.6 is 0 Å². The van der Waals surface area contributed by atoms with Crippen molar-refractivity contribution in [1.82, 2.24) is 4.90 Å². The van der Waals surface area contributed by atoms with Gasteiger partial charge >= 0.3 is 0 Å². The van der Waals surface area contributed by atoms with E-state index in [1.807, 2.05) is 0 Å². The van der Waals surface area contributed by atoms with Crippen LogP contribution in [0.4, 0.5) is 0 Å². The van der Waals surface area contributed by atoms with Crippen molar-refractivity contribution in [3.8, 4) is 0 Å². The fourth-order valence-electron chi connectivity index (χ4n) is 3.73. The molecule has 0 amide bonds. The first kappa shape index (κ1) is 11.9. The first-order valence-electron chi connectivity index (χ1n) is 6.98. The van der Waals surface area contributed by atoms with Gasteiger partial charge in [-0.2, -0.15) is 0 Å². The van der Waals surface area contributed by atoms with E-state index < -0.39 is 0 Å². The number of nitrogens with one attached hydrogen (secondary N) is 1. The number of hydrogen-bond acceptors (Lipinski definition) is 2. The molecule has 2 bridgehead atoms. The lowest BCUT2D eigenvalue weighted by Crippen LogP contribution is -2.55. The molecule has 2 aliphatic rings. The van der Waals surface area contributed by atoms with Crippen LogP contribution in [0, 0.1) is 12.3 Å². The maximum atomic E-state index is 8.40. The maximum Gasteiger partial charge on any atom is 0.0628 e. The third kappa shape index (κ3) is 1.71. The van der Waals surface area contributed by atoms with Gasteiger partial charge in [-0.15, -0.1) is 0 Å². The quantitative estimate of drug-likeness (QED) is 0.847. The number of benzene rings is 1. The molecule has 2 heteroatoms. The van der Waals surface area contributed by atoms with E-state index in [4.69, 9.17) is 5.41 Å². The molecule has 2 aliphatic heterocycles. The summed E-state index contributed by atoms with van der Waals surface area (Å²) in [5, 5.41) is 8.40. The van der Waals surface area contributed by atoms with Crippen LogP contribution in [-0.4, -0.2) is 29.2 Å². The fraction of sp³-hybridized carbons (Fsp3) is 0.562. The van der Waals surface area contributed by atoms with Crippen molar-refractivity contribution >= 4 is 5.71 Å². The third-order valence-corrected chi connectivity index (χ3v) is 5.02. The molecule has 2 heterocycles. The number of fused-ring (bicyclic) bond motifs is 2. The van der Waals surface area contributed by atoms with Gasteiger partial charge in [0.15, 0.2) is 0 Å². The number of rotatable bonds is 2. The molecule has 0 unspecified atom stereocenters. The Morgan fingerprint density at radius 2 is 2.00 bits per heavy atom. The van der Waals surface area contributed by atoms with Crippen molar-refractivity contribution < 1.29 is 0 Å². The van der Waals surface area contributed by atoms with Gasteiger partial charge < -0.3 is 5.41 Å². The first-order valence-corrected chi connectivity index (χ1v) is 6.98. The largest absolute Gasteiger partial charge is 0.308 e. The lowest BCUT2D eigenvalue weighted by Gasteiger charge is -2.43. The topological polar surface area (TPSA) is 27.1 Å². The maximum absolute atomic E-state index is 8.40. The molecule has 2 fully saturated rings. The van der Waals surface area contributed by atoms with Gasteiger partial charge in [0.1, 0.15) is 0 Å². The number of likely N-dealkylation sites (N-methyl/N-ethyl adjacent to an activating group) is 1. The summed E-state index contributed by atoms with van der Waals surface area (Å²) in [4.78, 5) is 2.48. The molecule has 0 aliphatic carbocycles. The van der Waals surface area contributed by atoms with Crippen molar-refractivity contribution in [2.45, 2.75) is 50.6 Å². The Kier molecular flexibility index (Phi) is 2.78. The van der Waals surface area contributed by atoms with Crippen LogP contribution in [0.3, 0.4) is 0 Å². The highest BCUT2D eigenvalue weighted by atomic mass is 15.2. The summed E-state index contributed by atoms with van der Waals surface area (Å²) in [5.74, 6) is 0. The molecular weight excluding hydrogens is 220 g/mol. The Morgan fingerprint density at radius 1 is 1.28 bits per heavy atom. The molecule has 0 radical (unpaired) electrons. The van der Waals surface area contributed by atoms with E-state index in [2.05, 4.69) is 43.1 Å². The molecule has 0 spiro atoms. The van der Waals surface area contributed by atoms with E-state index in [0.29, 0.717) is 6.04 Å². The second kappa shape index (κ2) is 4.20. The van der Waals surface area contributed by atoms with Gasteiger partial charge in [-0.3, -0.25) is 4.90 Å². The van der Waals surface area contributed by atoms with E-state index >= 15 is 0 Å². The van der Waals surface area contributed by atoms with Crippen LogP contribution in [0.5, 0.6) is 0 Å². The fourth-order valence-corrected chi connectivity index (χ4v) is 3.73. The second-order valence-electron chi connectivity index (χ2n) is 6.01. The van der Waals surface area contributed by atoms with Crippen LogP contribution in [0.1, 0.15) is 36.8 Å². The van der Waals surface area contributed by atoms with Crippen LogP contribution in [0.25, 0.3) is 0 Å². The third-order valence-electron chi connectivity index (χ3n) is 5.02. The van der Waals surface area contributed by atoms with Crippen molar-refractivity contribution in [1.29, 1.82) is 5.41 Å². The Labute approximate surface area is 110 Å². The van der Waals surface area contributed by atoms with Crippen LogP contribution in [-0.2, 0) is 6.42 Å². The standard InChI is InChI=1S/C16H22N2/c1-12-3-5-13(6-4-12)11-16-10-9-14(18(16)2)7-8-15(16)17/h3-6,14,17H,7-11H2,1-2H3/t14-,16+/m1/s1. The first-order chi connectivity index (χ1) is 8.62. The molecule has 1 aromatic rings. The molecule has 96 valence electrons. The molecule has 3 rings (SSSR count). The zero-order chi connectivity index (χ0) is 12.8. The van der Waals surface area contributed by atoms with Gasteiger partial charge in [-0.25, -0.2) is 0 Å². The highest BCUT2D eigenvalue weighted by Gasteiger charge is 2.49. The zero-order valence-electron chi connectivity index (χ0n) is 11.4. The van der Waals surface area contributed by atoms with Gasteiger partial charge in [-0.05, 0) is 51.6 Å². The molecule has 0 saturated carbocycles. The lowest BCUT2D eigenvalue weighted by molar-refractivity contribution is 0.167. The minimum atomic E-state index is 0.0260. The van der Waals surface area contributed by atoms with Crippen LogP contribution in [0.15, 0.2) is 24.3 Å². The van der Waals surface area contributed by atoms with Crippen molar-refractivity contribution in [3.63, 3.8) is 0 Å². The van der Waals surface area contributed by atoms with Gasteiger partial charge in [0.25, 0.3) is 0 Å². The normalized spacial score (nSPS) is 31.9. The second-order valence-corrected chi connectivity index (χ2v) is 6.01. The minimum Gasteiger partial charge on any atom is -0.308 e. The predicted molar refractivity (Wildman–Crippen MR) is 75.4 cm³/mol. The van der Waals surface area contributed by atoms with E-state index in [1.165, 1.54) is 30.4 Å². The number of piperidine rings is 1. The summed E-state index contributed by atoms with van der Waals surface area (Å²) in [7, 11) is 2.22. The van der Waals surface area contributed by atoms with E-state index in [-0.39, 0.29) is 5.54 Å². The van der Waals surface area contributed by atoms with Crippen molar-refractivity contribution in [2.24, 2.45) is 0 Å². The molecule has 1 aromatic carbocycles.